The number of rotatable bonds is 7. The van der Waals surface area contributed by atoms with Gasteiger partial charge in [-0.05, 0) is 13.0 Å². The minimum Gasteiger partial charge on any atom is -0.434 e. The Hall–Kier alpha value is -1.80. The van der Waals surface area contributed by atoms with Crippen molar-refractivity contribution in [3.05, 3.63) is 40.7 Å². The summed E-state index contributed by atoms with van der Waals surface area (Å²) in [7, 11) is 3.82. The fraction of sp³-hybridized carbons (Fsp3) is 0.400. The van der Waals surface area contributed by atoms with Gasteiger partial charge in [0.05, 0.1) is 5.69 Å². The standard InChI is InChI=1S/C15H18F3N3OS/c1-9(19-7-11-8-23-15(20-11)21(2)3)12-5-4-10(16)6-13(12)22-14(17)18/h4-6,8-9,14,19H,7H2,1-3H3. The molecule has 0 bridgehead atoms. The molecular weight excluding hydrogens is 327 g/mol. The van der Waals surface area contributed by atoms with Crippen molar-refractivity contribution in [3.8, 4) is 5.75 Å². The van der Waals surface area contributed by atoms with Crippen LogP contribution in [-0.2, 0) is 6.54 Å². The molecule has 1 unspecified atom stereocenters. The lowest BCUT2D eigenvalue weighted by Crippen LogP contribution is -2.20. The number of halogens is 3. The van der Waals surface area contributed by atoms with E-state index in [-0.39, 0.29) is 11.8 Å². The fourth-order valence-corrected chi connectivity index (χ4v) is 2.77. The van der Waals surface area contributed by atoms with Crippen LogP contribution in [0, 0.1) is 5.82 Å². The summed E-state index contributed by atoms with van der Waals surface area (Å²) in [5, 5.41) is 5.99. The first-order chi connectivity index (χ1) is 10.9. The van der Waals surface area contributed by atoms with Gasteiger partial charge in [-0.2, -0.15) is 8.78 Å². The van der Waals surface area contributed by atoms with Gasteiger partial charge in [-0.25, -0.2) is 9.37 Å². The van der Waals surface area contributed by atoms with Crippen LogP contribution in [0.2, 0.25) is 0 Å². The third-order valence-electron chi connectivity index (χ3n) is 3.17. The highest BCUT2D eigenvalue weighted by atomic mass is 32.1. The highest BCUT2D eigenvalue weighted by molar-refractivity contribution is 7.13. The quantitative estimate of drug-likeness (QED) is 0.828. The minimum absolute atomic E-state index is 0.160. The second-order valence-electron chi connectivity index (χ2n) is 5.18. The molecule has 1 atom stereocenters. The molecule has 0 saturated carbocycles. The number of anilines is 1. The molecule has 126 valence electrons. The summed E-state index contributed by atoms with van der Waals surface area (Å²) >= 11 is 1.52. The van der Waals surface area contributed by atoms with E-state index in [1.54, 1.807) is 6.92 Å². The van der Waals surface area contributed by atoms with E-state index in [9.17, 15) is 13.2 Å². The highest BCUT2D eigenvalue weighted by Crippen LogP contribution is 2.28. The van der Waals surface area contributed by atoms with Crippen molar-refractivity contribution in [1.29, 1.82) is 0 Å². The Morgan fingerprint density at radius 3 is 2.70 bits per heavy atom. The van der Waals surface area contributed by atoms with Crippen molar-refractivity contribution >= 4 is 16.5 Å². The van der Waals surface area contributed by atoms with Crippen LogP contribution in [0.3, 0.4) is 0 Å². The molecule has 0 amide bonds. The maximum absolute atomic E-state index is 13.2. The summed E-state index contributed by atoms with van der Waals surface area (Å²) in [6, 6.07) is 3.33. The summed E-state index contributed by atoms with van der Waals surface area (Å²) < 4.78 is 42.5. The van der Waals surface area contributed by atoms with Gasteiger partial charge in [-0.1, -0.05) is 6.07 Å². The molecule has 1 heterocycles. The average Bonchev–Trinajstić information content (AvgIpc) is 2.93. The Bertz CT molecular complexity index is 649. The molecule has 2 aromatic rings. The zero-order valence-corrected chi connectivity index (χ0v) is 13.8. The molecule has 0 aliphatic carbocycles. The first-order valence-corrected chi connectivity index (χ1v) is 7.84. The minimum atomic E-state index is -3.00. The third kappa shape index (κ3) is 4.84. The lowest BCUT2D eigenvalue weighted by Gasteiger charge is -2.17. The molecular formula is C15H18F3N3OS. The molecule has 1 aromatic heterocycles. The smallest absolute Gasteiger partial charge is 0.387 e. The first kappa shape index (κ1) is 17.6. The maximum atomic E-state index is 13.2. The number of nitrogens with one attached hydrogen (secondary N) is 1. The average molecular weight is 345 g/mol. The zero-order valence-electron chi connectivity index (χ0n) is 13.0. The Balaban J connectivity index is 2.06. The Morgan fingerprint density at radius 2 is 2.09 bits per heavy atom. The maximum Gasteiger partial charge on any atom is 0.387 e. The number of thiazole rings is 1. The third-order valence-corrected chi connectivity index (χ3v) is 4.23. The summed E-state index contributed by atoms with van der Waals surface area (Å²) in [6.07, 6.45) is 0. The van der Waals surface area contributed by atoms with Crippen molar-refractivity contribution in [2.24, 2.45) is 0 Å². The lowest BCUT2D eigenvalue weighted by molar-refractivity contribution is -0.0508. The van der Waals surface area contributed by atoms with Crippen LogP contribution in [-0.4, -0.2) is 25.7 Å². The van der Waals surface area contributed by atoms with Crippen molar-refractivity contribution in [2.75, 3.05) is 19.0 Å². The van der Waals surface area contributed by atoms with Crippen molar-refractivity contribution < 1.29 is 17.9 Å². The van der Waals surface area contributed by atoms with E-state index >= 15 is 0 Å². The second kappa shape index (κ2) is 7.65. The predicted molar refractivity (Wildman–Crippen MR) is 84.7 cm³/mol. The summed E-state index contributed by atoms with van der Waals surface area (Å²) in [5.41, 5.74) is 1.32. The van der Waals surface area contributed by atoms with Crippen LogP contribution in [0.5, 0.6) is 5.75 Å². The Kier molecular flexibility index (Phi) is 5.84. The molecule has 0 aliphatic heterocycles. The summed E-state index contributed by atoms with van der Waals surface area (Å²) in [4.78, 5) is 6.34. The van der Waals surface area contributed by atoms with Crippen LogP contribution in [0.1, 0.15) is 24.2 Å². The van der Waals surface area contributed by atoms with Gasteiger partial charge in [0.1, 0.15) is 11.6 Å². The molecule has 1 N–H and O–H groups in total. The monoisotopic (exact) mass is 345 g/mol. The van der Waals surface area contributed by atoms with E-state index in [1.165, 1.54) is 23.5 Å². The number of benzene rings is 1. The zero-order chi connectivity index (χ0) is 17.0. The van der Waals surface area contributed by atoms with E-state index in [0.717, 1.165) is 16.9 Å². The number of aromatic nitrogens is 1. The Labute approximate surface area is 136 Å². The molecule has 0 aliphatic rings. The molecule has 0 saturated heterocycles. The predicted octanol–water partition coefficient (Wildman–Crippen LogP) is 3.80. The van der Waals surface area contributed by atoms with Gasteiger partial charge in [0, 0.05) is 43.7 Å². The van der Waals surface area contributed by atoms with Gasteiger partial charge in [0.15, 0.2) is 5.13 Å². The number of nitrogens with zero attached hydrogens (tertiary/aromatic N) is 2. The van der Waals surface area contributed by atoms with Gasteiger partial charge in [-0.15, -0.1) is 11.3 Å². The van der Waals surface area contributed by atoms with Crippen LogP contribution < -0.4 is 15.0 Å². The molecule has 2 rings (SSSR count). The summed E-state index contributed by atoms with van der Waals surface area (Å²) in [5.74, 6) is -0.779. The van der Waals surface area contributed by atoms with Crippen LogP contribution in [0.25, 0.3) is 0 Å². The SMILES string of the molecule is CC(NCc1csc(N(C)C)n1)c1ccc(F)cc1OC(F)F. The van der Waals surface area contributed by atoms with Gasteiger partial charge >= 0.3 is 6.61 Å². The van der Waals surface area contributed by atoms with Crippen molar-refractivity contribution in [3.63, 3.8) is 0 Å². The van der Waals surface area contributed by atoms with Gasteiger partial charge in [0.25, 0.3) is 0 Å². The van der Waals surface area contributed by atoms with Gasteiger partial charge in [0.2, 0.25) is 0 Å². The normalized spacial score (nSPS) is 12.5. The summed E-state index contributed by atoms with van der Waals surface area (Å²) in [6.45, 7) is -0.731. The molecule has 0 radical (unpaired) electrons. The molecule has 4 nitrogen and oxygen atoms in total. The van der Waals surface area contributed by atoms with E-state index < -0.39 is 12.4 Å². The van der Waals surface area contributed by atoms with Gasteiger partial charge < -0.3 is 15.0 Å². The first-order valence-electron chi connectivity index (χ1n) is 6.96. The van der Waals surface area contributed by atoms with Crippen molar-refractivity contribution in [2.45, 2.75) is 26.1 Å². The topological polar surface area (TPSA) is 37.4 Å². The van der Waals surface area contributed by atoms with Gasteiger partial charge in [-0.3, -0.25) is 0 Å². The van der Waals surface area contributed by atoms with Crippen LogP contribution in [0.15, 0.2) is 23.6 Å². The molecule has 0 spiro atoms. The number of ether oxygens (including phenoxy) is 1. The molecule has 23 heavy (non-hydrogen) atoms. The highest BCUT2D eigenvalue weighted by Gasteiger charge is 2.16. The molecule has 1 aromatic carbocycles. The van der Waals surface area contributed by atoms with Crippen LogP contribution >= 0.6 is 11.3 Å². The largest absolute Gasteiger partial charge is 0.434 e. The van der Waals surface area contributed by atoms with E-state index in [1.807, 2.05) is 24.4 Å². The molecule has 0 fully saturated rings. The van der Waals surface area contributed by atoms with E-state index in [0.29, 0.717) is 12.1 Å². The number of alkyl halides is 2. The fourth-order valence-electron chi connectivity index (χ4n) is 2.01. The number of hydrogen-bond acceptors (Lipinski definition) is 5. The number of hydrogen-bond donors (Lipinski definition) is 1. The second-order valence-corrected chi connectivity index (χ2v) is 6.02. The Morgan fingerprint density at radius 1 is 1.35 bits per heavy atom. The van der Waals surface area contributed by atoms with E-state index in [4.69, 9.17) is 0 Å². The lowest BCUT2D eigenvalue weighted by atomic mass is 10.1. The van der Waals surface area contributed by atoms with Crippen molar-refractivity contribution in [1.82, 2.24) is 10.3 Å². The van der Waals surface area contributed by atoms with E-state index in [2.05, 4.69) is 15.0 Å². The molecule has 8 heteroatoms. The van der Waals surface area contributed by atoms with Crippen LogP contribution in [0.4, 0.5) is 18.3 Å².